The van der Waals surface area contributed by atoms with E-state index in [9.17, 15) is 9.18 Å². The van der Waals surface area contributed by atoms with E-state index in [4.69, 9.17) is 4.74 Å². The second-order valence-corrected chi connectivity index (χ2v) is 4.81. The zero-order valence-electron chi connectivity index (χ0n) is 11.5. The maximum absolute atomic E-state index is 13.7. The maximum atomic E-state index is 13.7. The second-order valence-electron chi connectivity index (χ2n) is 4.81. The van der Waals surface area contributed by atoms with Crippen molar-refractivity contribution in [2.24, 2.45) is 0 Å². The molecule has 0 amide bonds. The average Bonchev–Trinajstić information content (AvgIpc) is 2.91. The van der Waals surface area contributed by atoms with Gasteiger partial charge in [-0.2, -0.15) is 0 Å². The SMILES string of the molecule is COc1ccc(Cn2ccc3c(C=O)cccc32)cc1F. The number of nitrogens with zero attached hydrogens (tertiary/aromatic N) is 1. The van der Waals surface area contributed by atoms with Crippen LogP contribution >= 0.6 is 0 Å². The number of fused-ring (bicyclic) bond motifs is 1. The fraction of sp³-hybridized carbons (Fsp3) is 0.118. The summed E-state index contributed by atoms with van der Waals surface area (Å²) in [5.41, 5.74) is 2.45. The van der Waals surface area contributed by atoms with E-state index < -0.39 is 0 Å². The first kappa shape index (κ1) is 13.4. The third kappa shape index (κ3) is 2.40. The third-order valence-corrected chi connectivity index (χ3v) is 3.54. The predicted molar refractivity (Wildman–Crippen MR) is 79.4 cm³/mol. The zero-order chi connectivity index (χ0) is 14.8. The van der Waals surface area contributed by atoms with Crippen molar-refractivity contribution in [1.82, 2.24) is 4.57 Å². The van der Waals surface area contributed by atoms with E-state index in [1.54, 1.807) is 12.1 Å². The van der Waals surface area contributed by atoms with E-state index in [0.717, 1.165) is 22.8 Å². The van der Waals surface area contributed by atoms with Crippen LogP contribution in [0.1, 0.15) is 15.9 Å². The molecule has 0 unspecified atom stereocenters. The molecule has 1 heterocycles. The van der Waals surface area contributed by atoms with Crippen LogP contribution in [0.4, 0.5) is 4.39 Å². The standard InChI is InChI=1S/C17H14FNO2/c1-21-17-6-5-12(9-15(17)18)10-19-8-7-14-13(11-20)3-2-4-16(14)19/h2-9,11H,10H2,1H3. The number of aldehydes is 1. The molecule has 4 heteroatoms. The number of aromatic nitrogens is 1. The second kappa shape index (κ2) is 5.40. The quantitative estimate of drug-likeness (QED) is 0.684. The lowest BCUT2D eigenvalue weighted by molar-refractivity contribution is 0.112. The summed E-state index contributed by atoms with van der Waals surface area (Å²) in [7, 11) is 1.44. The Labute approximate surface area is 121 Å². The Morgan fingerprint density at radius 2 is 2.10 bits per heavy atom. The number of ether oxygens (including phenoxy) is 1. The van der Waals surface area contributed by atoms with Gasteiger partial charge in [-0.3, -0.25) is 4.79 Å². The Balaban J connectivity index is 1.98. The minimum absolute atomic E-state index is 0.236. The minimum Gasteiger partial charge on any atom is -0.494 e. The molecule has 0 aliphatic heterocycles. The van der Waals surface area contributed by atoms with Crippen LogP contribution in [0.2, 0.25) is 0 Å². The first-order valence-corrected chi connectivity index (χ1v) is 6.58. The van der Waals surface area contributed by atoms with Crippen LogP contribution in [0, 0.1) is 5.82 Å². The van der Waals surface area contributed by atoms with Crippen LogP contribution in [0.5, 0.6) is 5.75 Å². The molecule has 0 atom stereocenters. The van der Waals surface area contributed by atoms with Gasteiger partial charge in [-0.05, 0) is 29.8 Å². The van der Waals surface area contributed by atoms with Gasteiger partial charge in [0.15, 0.2) is 17.9 Å². The number of methoxy groups -OCH3 is 1. The lowest BCUT2D eigenvalue weighted by atomic mass is 10.1. The minimum atomic E-state index is -0.375. The molecule has 0 saturated carbocycles. The van der Waals surface area contributed by atoms with Crippen molar-refractivity contribution >= 4 is 17.2 Å². The molecule has 3 aromatic rings. The number of carbonyl (C=O) groups is 1. The van der Waals surface area contributed by atoms with E-state index in [2.05, 4.69) is 0 Å². The van der Waals surface area contributed by atoms with Crippen LogP contribution in [0.3, 0.4) is 0 Å². The summed E-state index contributed by atoms with van der Waals surface area (Å²) in [6, 6.07) is 12.4. The lowest BCUT2D eigenvalue weighted by Gasteiger charge is -2.08. The van der Waals surface area contributed by atoms with Crippen molar-refractivity contribution < 1.29 is 13.9 Å². The molecule has 0 bridgehead atoms. The number of rotatable bonds is 4. The van der Waals surface area contributed by atoms with Crippen LogP contribution in [0.15, 0.2) is 48.7 Å². The molecule has 0 spiro atoms. The Kier molecular flexibility index (Phi) is 3.44. The first-order chi connectivity index (χ1) is 10.2. The van der Waals surface area contributed by atoms with Gasteiger partial charge in [-0.25, -0.2) is 4.39 Å². The first-order valence-electron chi connectivity index (χ1n) is 6.58. The Morgan fingerprint density at radius 1 is 1.24 bits per heavy atom. The molecule has 106 valence electrons. The topological polar surface area (TPSA) is 31.2 Å². The Morgan fingerprint density at radius 3 is 2.81 bits per heavy atom. The number of hydrogen-bond donors (Lipinski definition) is 0. The summed E-state index contributed by atoms with van der Waals surface area (Å²) in [5.74, 6) is -0.139. The Hall–Kier alpha value is -2.62. The number of benzene rings is 2. The molecule has 0 aliphatic carbocycles. The summed E-state index contributed by atoms with van der Waals surface area (Å²) in [6.45, 7) is 0.534. The third-order valence-electron chi connectivity index (χ3n) is 3.54. The van der Waals surface area contributed by atoms with Gasteiger partial charge in [-0.1, -0.05) is 18.2 Å². The van der Waals surface area contributed by atoms with Gasteiger partial charge in [0.1, 0.15) is 0 Å². The van der Waals surface area contributed by atoms with Gasteiger partial charge in [0.2, 0.25) is 0 Å². The van der Waals surface area contributed by atoms with Crippen molar-refractivity contribution in [2.75, 3.05) is 7.11 Å². The fourth-order valence-electron chi connectivity index (χ4n) is 2.49. The van der Waals surface area contributed by atoms with E-state index in [0.29, 0.717) is 12.1 Å². The van der Waals surface area contributed by atoms with Gasteiger partial charge in [0.05, 0.1) is 7.11 Å². The van der Waals surface area contributed by atoms with E-state index in [1.165, 1.54) is 13.2 Å². The maximum Gasteiger partial charge on any atom is 0.165 e. The smallest absolute Gasteiger partial charge is 0.165 e. The normalized spacial score (nSPS) is 10.8. The molecular weight excluding hydrogens is 269 g/mol. The summed E-state index contributed by atoms with van der Waals surface area (Å²) >= 11 is 0. The van der Waals surface area contributed by atoms with Crippen molar-refractivity contribution in [1.29, 1.82) is 0 Å². The van der Waals surface area contributed by atoms with E-state index >= 15 is 0 Å². The van der Waals surface area contributed by atoms with Crippen molar-refractivity contribution in [3.8, 4) is 5.75 Å². The molecular formula is C17H14FNO2. The summed E-state index contributed by atoms with van der Waals surface area (Å²) in [4.78, 5) is 11.0. The van der Waals surface area contributed by atoms with Crippen LogP contribution in [0.25, 0.3) is 10.9 Å². The van der Waals surface area contributed by atoms with E-state index in [-0.39, 0.29) is 11.6 Å². The predicted octanol–water partition coefficient (Wildman–Crippen LogP) is 3.65. The highest BCUT2D eigenvalue weighted by Crippen LogP contribution is 2.22. The van der Waals surface area contributed by atoms with Gasteiger partial charge in [-0.15, -0.1) is 0 Å². The van der Waals surface area contributed by atoms with Crippen molar-refractivity contribution in [3.63, 3.8) is 0 Å². The van der Waals surface area contributed by atoms with Gasteiger partial charge in [0.25, 0.3) is 0 Å². The van der Waals surface area contributed by atoms with Crippen molar-refractivity contribution in [3.05, 3.63) is 65.6 Å². The average molecular weight is 283 g/mol. The molecule has 3 rings (SSSR count). The summed E-state index contributed by atoms with van der Waals surface area (Å²) < 4.78 is 20.6. The highest BCUT2D eigenvalue weighted by atomic mass is 19.1. The summed E-state index contributed by atoms with van der Waals surface area (Å²) in [6.07, 6.45) is 2.75. The van der Waals surface area contributed by atoms with Gasteiger partial charge < -0.3 is 9.30 Å². The van der Waals surface area contributed by atoms with Crippen LogP contribution < -0.4 is 4.74 Å². The highest BCUT2D eigenvalue weighted by molar-refractivity contribution is 5.97. The summed E-state index contributed by atoms with van der Waals surface area (Å²) in [5, 5.41) is 0.904. The number of hydrogen-bond acceptors (Lipinski definition) is 2. The van der Waals surface area contributed by atoms with Crippen molar-refractivity contribution in [2.45, 2.75) is 6.54 Å². The lowest BCUT2D eigenvalue weighted by Crippen LogP contribution is -1.99. The van der Waals surface area contributed by atoms with Crippen LogP contribution in [-0.4, -0.2) is 18.0 Å². The molecule has 1 aromatic heterocycles. The van der Waals surface area contributed by atoms with Gasteiger partial charge >= 0.3 is 0 Å². The highest BCUT2D eigenvalue weighted by Gasteiger charge is 2.07. The molecule has 2 aromatic carbocycles. The molecule has 0 aliphatic rings. The Bertz CT molecular complexity index is 808. The zero-order valence-corrected chi connectivity index (χ0v) is 11.5. The van der Waals surface area contributed by atoms with Gasteiger partial charge in [0, 0.05) is 29.2 Å². The van der Waals surface area contributed by atoms with Crippen LogP contribution in [-0.2, 0) is 6.54 Å². The fourth-order valence-corrected chi connectivity index (χ4v) is 2.49. The molecule has 0 radical (unpaired) electrons. The molecule has 0 N–H and O–H groups in total. The molecule has 21 heavy (non-hydrogen) atoms. The largest absolute Gasteiger partial charge is 0.494 e. The molecule has 0 fully saturated rings. The number of halogens is 1. The molecule has 3 nitrogen and oxygen atoms in total. The number of carbonyl (C=O) groups excluding carboxylic acids is 1. The van der Waals surface area contributed by atoms with E-state index in [1.807, 2.05) is 35.0 Å². The molecule has 0 saturated heterocycles. The monoisotopic (exact) mass is 283 g/mol.